The first-order chi connectivity index (χ1) is 8.13. The van der Waals surface area contributed by atoms with Crippen molar-refractivity contribution in [2.45, 2.75) is 6.92 Å². The van der Waals surface area contributed by atoms with Gasteiger partial charge < -0.3 is 5.11 Å². The van der Waals surface area contributed by atoms with E-state index in [-0.39, 0.29) is 16.9 Å². The molecule has 1 heterocycles. The number of hydrogen-bond acceptors (Lipinski definition) is 3. The van der Waals surface area contributed by atoms with Crippen LogP contribution in [-0.2, 0) is 0 Å². The summed E-state index contributed by atoms with van der Waals surface area (Å²) in [5.41, 5.74) is 1.07. The van der Waals surface area contributed by atoms with Gasteiger partial charge in [-0.2, -0.15) is 5.26 Å². The molecule has 0 unspecified atom stereocenters. The molecule has 4 nitrogen and oxygen atoms in total. The van der Waals surface area contributed by atoms with Gasteiger partial charge >= 0.3 is 0 Å². The minimum Gasteiger partial charge on any atom is -0.508 e. The van der Waals surface area contributed by atoms with Gasteiger partial charge in [0.1, 0.15) is 17.4 Å². The highest BCUT2D eigenvalue weighted by Gasteiger charge is 2.07. The van der Waals surface area contributed by atoms with E-state index < -0.39 is 0 Å². The van der Waals surface area contributed by atoms with E-state index in [9.17, 15) is 9.90 Å². The summed E-state index contributed by atoms with van der Waals surface area (Å²) in [6, 6.07) is 9.84. The van der Waals surface area contributed by atoms with Gasteiger partial charge in [0.15, 0.2) is 0 Å². The lowest BCUT2D eigenvalue weighted by atomic mass is 10.1. The van der Waals surface area contributed by atoms with Gasteiger partial charge in [0, 0.05) is 11.9 Å². The Morgan fingerprint density at radius 2 is 1.88 bits per heavy atom. The van der Waals surface area contributed by atoms with Crippen LogP contribution in [0.5, 0.6) is 5.75 Å². The fraction of sp³-hybridized carbons (Fsp3) is 0.0769. The van der Waals surface area contributed by atoms with Crippen LogP contribution in [0, 0.1) is 18.3 Å². The lowest BCUT2D eigenvalue weighted by molar-refractivity contribution is 0.475. The molecule has 0 saturated carbocycles. The molecule has 0 radical (unpaired) electrons. The first kappa shape index (κ1) is 11.0. The predicted molar refractivity (Wildman–Crippen MR) is 63.2 cm³/mol. The number of phenols is 1. The molecular weight excluding hydrogens is 216 g/mol. The van der Waals surface area contributed by atoms with Crippen molar-refractivity contribution in [3.8, 4) is 17.5 Å². The Bertz CT molecular complexity index is 649. The van der Waals surface area contributed by atoms with E-state index in [1.807, 2.05) is 6.07 Å². The van der Waals surface area contributed by atoms with Gasteiger partial charge in [-0.25, -0.2) is 0 Å². The molecule has 2 aromatic rings. The molecular formula is C13H10N2O2. The predicted octanol–water partition coefficient (Wildman–Crippen LogP) is 1.72. The van der Waals surface area contributed by atoms with Crippen LogP contribution in [0.15, 0.2) is 41.3 Å². The summed E-state index contributed by atoms with van der Waals surface area (Å²) in [7, 11) is 0. The maximum Gasteiger partial charge on any atom is 0.273 e. The Hall–Kier alpha value is -2.54. The number of aryl methyl sites for hydroxylation is 1. The van der Waals surface area contributed by atoms with Crippen molar-refractivity contribution in [1.29, 1.82) is 5.26 Å². The molecule has 0 aliphatic heterocycles. The van der Waals surface area contributed by atoms with E-state index in [0.29, 0.717) is 11.3 Å². The highest BCUT2D eigenvalue weighted by Crippen LogP contribution is 2.13. The van der Waals surface area contributed by atoms with Crippen LogP contribution in [-0.4, -0.2) is 9.67 Å². The zero-order chi connectivity index (χ0) is 12.4. The van der Waals surface area contributed by atoms with E-state index in [2.05, 4.69) is 0 Å². The number of phenolic OH excluding ortho intramolecular Hbond substituents is 1. The third-order valence-electron chi connectivity index (χ3n) is 2.54. The van der Waals surface area contributed by atoms with Crippen molar-refractivity contribution >= 4 is 0 Å². The molecule has 84 valence electrons. The maximum atomic E-state index is 12.0. The normalized spacial score (nSPS) is 9.88. The number of pyridine rings is 1. The summed E-state index contributed by atoms with van der Waals surface area (Å²) in [5.74, 6) is 0.134. The van der Waals surface area contributed by atoms with Gasteiger partial charge in [-0.3, -0.25) is 9.36 Å². The monoisotopic (exact) mass is 226 g/mol. The Labute approximate surface area is 98.0 Å². The van der Waals surface area contributed by atoms with Crippen LogP contribution in [0.1, 0.15) is 11.1 Å². The van der Waals surface area contributed by atoms with Crippen molar-refractivity contribution < 1.29 is 5.11 Å². The van der Waals surface area contributed by atoms with E-state index in [1.54, 1.807) is 31.3 Å². The molecule has 4 heteroatoms. The average molecular weight is 226 g/mol. The van der Waals surface area contributed by atoms with Gasteiger partial charge in [0.05, 0.1) is 0 Å². The summed E-state index contributed by atoms with van der Waals surface area (Å²) in [6.07, 6.45) is 1.62. The molecule has 0 atom stereocenters. The minimum absolute atomic E-state index is 0.134. The SMILES string of the molecule is Cc1ccn(-c2ccc(O)cc2)c(=O)c1C#N. The van der Waals surface area contributed by atoms with Crippen molar-refractivity contribution in [3.63, 3.8) is 0 Å². The van der Waals surface area contributed by atoms with E-state index in [4.69, 9.17) is 5.26 Å². The van der Waals surface area contributed by atoms with Crippen LogP contribution >= 0.6 is 0 Å². The lowest BCUT2D eigenvalue weighted by Gasteiger charge is -2.07. The molecule has 1 aromatic carbocycles. The Kier molecular flexibility index (Phi) is 2.67. The molecule has 0 aliphatic rings. The minimum atomic E-state index is -0.349. The van der Waals surface area contributed by atoms with Crippen LogP contribution < -0.4 is 5.56 Å². The summed E-state index contributed by atoms with van der Waals surface area (Å²) < 4.78 is 1.38. The number of rotatable bonds is 1. The number of aromatic hydroxyl groups is 1. The number of nitrogens with zero attached hydrogens (tertiary/aromatic N) is 2. The Morgan fingerprint density at radius 3 is 2.47 bits per heavy atom. The third-order valence-corrected chi connectivity index (χ3v) is 2.54. The molecule has 1 N–H and O–H groups in total. The molecule has 1 aromatic heterocycles. The number of aromatic nitrogens is 1. The number of hydrogen-bond donors (Lipinski definition) is 1. The summed E-state index contributed by atoms with van der Waals surface area (Å²) in [5, 5.41) is 18.1. The fourth-order valence-electron chi connectivity index (χ4n) is 1.58. The molecule has 17 heavy (non-hydrogen) atoms. The molecule has 0 fully saturated rings. The van der Waals surface area contributed by atoms with E-state index in [0.717, 1.165) is 0 Å². The molecule has 0 saturated heterocycles. The number of nitriles is 1. The van der Waals surface area contributed by atoms with Crippen LogP contribution in [0.25, 0.3) is 5.69 Å². The largest absolute Gasteiger partial charge is 0.508 e. The van der Waals surface area contributed by atoms with Crippen molar-refractivity contribution in [1.82, 2.24) is 4.57 Å². The maximum absolute atomic E-state index is 12.0. The zero-order valence-corrected chi connectivity index (χ0v) is 9.21. The molecule has 0 bridgehead atoms. The van der Waals surface area contributed by atoms with E-state index in [1.165, 1.54) is 16.7 Å². The fourth-order valence-corrected chi connectivity index (χ4v) is 1.58. The molecule has 2 rings (SSSR count). The average Bonchev–Trinajstić information content (AvgIpc) is 2.31. The van der Waals surface area contributed by atoms with Gasteiger partial charge in [-0.15, -0.1) is 0 Å². The van der Waals surface area contributed by atoms with E-state index >= 15 is 0 Å². The zero-order valence-electron chi connectivity index (χ0n) is 9.21. The summed E-state index contributed by atoms with van der Waals surface area (Å²) in [4.78, 5) is 12.0. The molecule has 0 amide bonds. The van der Waals surface area contributed by atoms with Gasteiger partial charge in [-0.1, -0.05) is 0 Å². The molecule has 0 aliphatic carbocycles. The first-order valence-electron chi connectivity index (χ1n) is 5.05. The number of benzene rings is 1. The second kappa shape index (κ2) is 4.14. The molecule has 0 spiro atoms. The highest BCUT2D eigenvalue weighted by atomic mass is 16.3. The first-order valence-corrected chi connectivity index (χ1v) is 5.05. The van der Waals surface area contributed by atoms with Crippen molar-refractivity contribution in [3.05, 3.63) is 58.0 Å². The smallest absolute Gasteiger partial charge is 0.273 e. The van der Waals surface area contributed by atoms with Crippen molar-refractivity contribution in [2.24, 2.45) is 0 Å². The Morgan fingerprint density at radius 1 is 1.24 bits per heavy atom. The summed E-state index contributed by atoms with van der Waals surface area (Å²) >= 11 is 0. The quantitative estimate of drug-likeness (QED) is 0.805. The second-order valence-corrected chi connectivity index (χ2v) is 3.68. The van der Waals surface area contributed by atoms with Crippen LogP contribution in [0.2, 0.25) is 0 Å². The Balaban J connectivity index is 2.66. The summed E-state index contributed by atoms with van der Waals surface area (Å²) in [6.45, 7) is 1.72. The van der Waals surface area contributed by atoms with Crippen LogP contribution in [0.4, 0.5) is 0 Å². The van der Waals surface area contributed by atoms with Crippen LogP contribution in [0.3, 0.4) is 0 Å². The third kappa shape index (κ3) is 1.91. The highest BCUT2D eigenvalue weighted by molar-refractivity contribution is 5.41. The lowest BCUT2D eigenvalue weighted by Crippen LogP contribution is -2.21. The van der Waals surface area contributed by atoms with Gasteiger partial charge in [0.2, 0.25) is 0 Å². The second-order valence-electron chi connectivity index (χ2n) is 3.68. The van der Waals surface area contributed by atoms with Crippen molar-refractivity contribution in [2.75, 3.05) is 0 Å². The van der Waals surface area contributed by atoms with Gasteiger partial charge in [0.25, 0.3) is 5.56 Å². The standard InChI is InChI=1S/C13H10N2O2/c1-9-6-7-15(13(17)12(9)8-14)10-2-4-11(16)5-3-10/h2-7,16H,1H3. The topological polar surface area (TPSA) is 66.0 Å². The van der Waals surface area contributed by atoms with Gasteiger partial charge in [-0.05, 0) is 42.8 Å².